The molecule has 1 heterocycles. The van der Waals surface area contributed by atoms with E-state index < -0.39 is 5.97 Å². The number of carboxylic acids is 1. The van der Waals surface area contributed by atoms with Gasteiger partial charge in [0.05, 0.1) is 0 Å². The summed E-state index contributed by atoms with van der Waals surface area (Å²) in [4.78, 5) is 23.7. The van der Waals surface area contributed by atoms with E-state index in [-0.39, 0.29) is 11.9 Å². The van der Waals surface area contributed by atoms with E-state index in [4.69, 9.17) is 10.8 Å². The first-order valence-corrected chi connectivity index (χ1v) is 5.79. The second kappa shape index (κ2) is 5.84. The van der Waals surface area contributed by atoms with Crippen LogP contribution >= 0.6 is 0 Å². The number of piperidine rings is 1. The lowest BCUT2D eigenvalue weighted by molar-refractivity contribution is -0.144. The fraction of sp³-hybridized carbons (Fsp3) is 0.818. The summed E-state index contributed by atoms with van der Waals surface area (Å²) in [6, 6.07) is -0.380. The van der Waals surface area contributed by atoms with E-state index in [1.165, 1.54) is 0 Å². The van der Waals surface area contributed by atoms with Crippen LogP contribution in [0.1, 0.15) is 32.6 Å². The Morgan fingerprint density at radius 3 is 2.38 bits per heavy atom. The predicted octanol–water partition coefficient (Wildman–Crippen LogP) is 0.437. The highest BCUT2D eigenvalue weighted by atomic mass is 16.4. The quantitative estimate of drug-likeness (QED) is 0.715. The Morgan fingerprint density at radius 2 is 2.00 bits per heavy atom. The van der Waals surface area contributed by atoms with Crippen LogP contribution in [0.15, 0.2) is 0 Å². The van der Waals surface area contributed by atoms with Crippen molar-refractivity contribution in [2.75, 3.05) is 13.1 Å². The molecule has 1 aliphatic heterocycles. The zero-order valence-corrected chi connectivity index (χ0v) is 9.69. The number of nitrogens with two attached hydrogens (primary N) is 1. The Morgan fingerprint density at radius 1 is 1.44 bits per heavy atom. The zero-order chi connectivity index (χ0) is 12.1. The average molecular weight is 228 g/mol. The third-order valence-electron chi connectivity index (χ3n) is 3.25. The number of carboxylic acid groups (broad SMARTS) is 1. The van der Waals surface area contributed by atoms with Gasteiger partial charge in [0.2, 0.25) is 5.91 Å². The van der Waals surface area contributed by atoms with E-state index in [9.17, 15) is 9.59 Å². The van der Waals surface area contributed by atoms with Crippen molar-refractivity contribution in [3.05, 3.63) is 0 Å². The summed E-state index contributed by atoms with van der Waals surface area (Å²) >= 11 is 0. The first-order valence-electron chi connectivity index (χ1n) is 5.79. The number of rotatable bonds is 5. The largest absolute Gasteiger partial charge is 0.480 e. The van der Waals surface area contributed by atoms with Gasteiger partial charge < -0.3 is 10.8 Å². The maximum atomic E-state index is 11.0. The van der Waals surface area contributed by atoms with Gasteiger partial charge >= 0.3 is 5.97 Å². The van der Waals surface area contributed by atoms with Crippen molar-refractivity contribution >= 4 is 11.9 Å². The van der Waals surface area contributed by atoms with Crippen molar-refractivity contribution in [2.45, 2.75) is 38.6 Å². The summed E-state index contributed by atoms with van der Waals surface area (Å²) in [5.41, 5.74) is 5.15. The van der Waals surface area contributed by atoms with Gasteiger partial charge in [0.25, 0.3) is 0 Å². The Kier molecular flexibility index (Phi) is 4.73. The van der Waals surface area contributed by atoms with Crippen LogP contribution in [-0.4, -0.2) is 41.0 Å². The van der Waals surface area contributed by atoms with Crippen molar-refractivity contribution in [1.29, 1.82) is 0 Å². The molecule has 0 radical (unpaired) electrons. The van der Waals surface area contributed by atoms with Gasteiger partial charge in [-0.3, -0.25) is 14.5 Å². The normalized spacial score (nSPS) is 20.6. The highest BCUT2D eigenvalue weighted by Crippen LogP contribution is 2.22. The molecule has 0 bridgehead atoms. The predicted molar refractivity (Wildman–Crippen MR) is 59.8 cm³/mol. The SMILES string of the molecule is CCC(C(=O)O)N1CCC(CC(N)=O)CC1. The van der Waals surface area contributed by atoms with Gasteiger partial charge in [-0.1, -0.05) is 6.92 Å². The van der Waals surface area contributed by atoms with E-state index in [0.717, 1.165) is 25.9 Å². The summed E-state index contributed by atoms with van der Waals surface area (Å²) in [5, 5.41) is 9.02. The molecule has 0 spiro atoms. The monoisotopic (exact) mass is 228 g/mol. The smallest absolute Gasteiger partial charge is 0.320 e. The lowest BCUT2D eigenvalue weighted by Crippen LogP contribution is -2.45. The standard InChI is InChI=1S/C11H20N2O3/c1-2-9(11(15)16)13-5-3-8(4-6-13)7-10(12)14/h8-9H,2-7H2,1H3,(H2,12,14)(H,15,16). The Bertz CT molecular complexity index is 260. The van der Waals surface area contributed by atoms with Crippen molar-refractivity contribution < 1.29 is 14.7 Å². The number of nitrogens with zero attached hydrogens (tertiary/aromatic N) is 1. The second-order valence-electron chi connectivity index (χ2n) is 4.41. The molecular weight excluding hydrogens is 208 g/mol. The fourth-order valence-corrected chi connectivity index (χ4v) is 2.34. The number of hydrogen-bond acceptors (Lipinski definition) is 3. The number of hydrogen-bond donors (Lipinski definition) is 2. The molecule has 1 unspecified atom stereocenters. The molecule has 0 aromatic rings. The summed E-state index contributed by atoms with van der Waals surface area (Å²) in [7, 11) is 0. The number of primary amides is 1. The molecule has 0 aromatic carbocycles. The van der Waals surface area contributed by atoms with Crippen LogP contribution in [0.2, 0.25) is 0 Å². The molecule has 0 aromatic heterocycles. The first kappa shape index (κ1) is 13.0. The number of carbonyl (C=O) groups excluding carboxylic acids is 1. The maximum absolute atomic E-state index is 11.0. The highest BCUT2D eigenvalue weighted by molar-refractivity contribution is 5.74. The van der Waals surface area contributed by atoms with Gasteiger partial charge in [0.1, 0.15) is 6.04 Å². The van der Waals surface area contributed by atoms with Crippen LogP contribution in [0, 0.1) is 5.92 Å². The molecule has 16 heavy (non-hydrogen) atoms. The molecule has 5 nitrogen and oxygen atoms in total. The summed E-state index contributed by atoms with van der Waals surface area (Å²) in [6.45, 7) is 3.39. The lowest BCUT2D eigenvalue weighted by Gasteiger charge is -2.34. The molecular formula is C11H20N2O3. The van der Waals surface area contributed by atoms with Crippen molar-refractivity contribution in [3.63, 3.8) is 0 Å². The number of likely N-dealkylation sites (tertiary alicyclic amines) is 1. The average Bonchev–Trinajstić information content (AvgIpc) is 2.20. The Balaban J connectivity index is 2.41. The van der Waals surface area contributed by atoms with Crippen molar-refractivity contribution in [3.8, 4) is 0 Å². The van der Waals surface area contributed by atoms with Gasteiger partial charge in [0, 0.05) is 6.42 Å². The maximum Gasteiger partial charge on any atom is 0.320 e. The van der Waals surface area contributed by atoms with E-state index in [1.54, 1.807) is 0 Å². The van der Waals surface area contributed by atoms with E-state index >= 15 is 0 Å². The van der Waals surface area contributed by atoms with Gasteiger partial charge in [0.15, 0.2) is 0 Å². The summed E-state index contributed by atoms with van der Waals surface area (Å²) in [6.07, 6.45) is 2.78. The van der Waals surface area contributed by atoms with Crippen molar-refractivity contribution in [1.82, 2.24) is 4.90 Å². The minimum absolute atomic E-state index is 0.260. The van der Waals surface area contributed by atoms with Gasteiger partial charge in [-0.25, -0.2) is 0 Å². The van der Waals surface area contributed by atoms with E-state index in [2.05, 4.69) is 0 Å². The minimum atomic E-state index is -0.754. The molecule has 0 saturated carbocycles. The highest BCUT2D eigenvalue weighted by Gasteiger charge is 2.28. The zero-order valence-electron chi connectivity index (χ0n) is 9.69. The van der Waals surface area contributed by atoms with Crippen LogP contribution in [-0.2, 0) is 9.59 Å². The number of carbonyl (C=O) groups is 2. The Labute approximate surface area is 95.6 Å². The molecule has 1 amide bonds. The van der Waals surface area contributed by atoms with Gasteiger partial charge in [-0.05, 0) is 38.3 Å². The third-order valence-corrected chi connectivity index (χ3v) is 3.25. The fourth-order valence-electron chi connectivity index (χ4n) is 2.34. The molecule has 1 rings (SSSR count). The molecule has 1 atom stereocenters. The van der Waals surface area contributed by atoms with Crippen LogP contribution in [0.25, 0.3) is 0 Å². The molecule has 1 fully saturated rings. The molecule has 3 N–H and O–H groups in total. The van der Waals surface area contributed by atoms with Crippen LogP contribution in [0.4, 0.5) is 0 Å². The first-order chi connectivity index (χ1) is 7.54. The molecule has 5 heteroatoms. The molecule has 0 aliphatic carbocycles. The van der Waals surface area contributed by atoms with Gasteiger partial charge in [-0.15, -0.1) is 0 Å². The Hall–Kier alpha value is -1.10. The van der Waals surface area contributed by atoms with Crippen LogP contribution < -0.4 is 5.73 Å². The van der Waals surface area contributed by atoms with E-state index in [0.29, 0.717) is 18.8 Å². The second-order valence-corrected chi connectivity index (χ2v) is 4.41. The number of amides is 1. The third kappa shape index (κ3) is 3.48. The van der Waals surface area contributed by atoms with Gasteiger partial charge in [-0.2, -0.15) is 0 Å². The minimum Gasteiger partial charge on any atom is -0.480 e. The lowest BCUT2D eigenvalue weighted by atomic mass is 9.92. The van der Waals surface area contributed by atoms with Crippen LogP contribution in [0.5, 0.6) is 0 Å². The summed E-state index contributed by atoms with van der Waals surface area (Å²) < 4.78 is 0. The number of aliphatic carboxylic acids is 1. The van der Waals surface area contributed by atoms with Crippen LogP contribution in [0.3, 0.4) is 0 Å². The topological polar surface area (TPSA) is 83.6 Å². The molecule has 92 valence electrons. The van der Waals surface area contributed by atoms with Crippen molar-refractivity contribution in [2.24, 2.45) is 11.7 Å². The molecule has 1 saturated heterocycles. The molecule has 1 aliphatic rings. The van der Waals surface area contributed by atoms with E-state index in [1.807, 2.05) is 11.8 Å². The summed E-state index contributed by atoms with van der Waals surface area (Å²) in [5.74, 6) is -0.681.